The number of fused-ring (bicyclic) bond motifs is 1. The van der Waals surface area contributed by atoms with Crippen LogP contribution >= 0.6 is 23.2 Å². The van der Waals surface area contributed by atoms with Crippen molar-refractivity contribution in [3.8, 4) is 16.9 Å². The maximum Gasteiger partial charge on any atom is 0.142 e. The van der Waals surface area contributed by atoms with Crippen LogP contribution in [0.1, 0.15) is 29.7 Å². The monoisotopic (exact) mass is 460 g/mol. The zero-order chi connectivity index (χ0) is 21.9. The standard InChI is InChI=1S/C27H22Cl2N2O/c28-21-15-13-19(14-16-21)18-32-30-24-10-6-12-25-22(24)17-27(20-7-2-1-3-8-20)31(25)26-11-5-4-9-23(26)29/h1-5,7-9,11,13-17H,6,10,12,18H2. The molecule has 160 valence electrons. The molecule has 5 heteroatoms. The molecular weight excluding hydrogens is 439 g/mol. The molecule has 0 spiro atoms. The van der Waals surface area contributed by atoms with Crippen molar-refractivity contribution in [2.45, 2.75) is 25.9 Å². The van der Waals surface area contributed by atoms with Crippen LogP contribution in [-0.2, 0) is 17.9 Å². The van der Waals surface area contributed by atoms with Crippen LogP contribution in [0.4, 0.5) is 0 Å². The van der Waals surface area contributed by atoms with Crippen molar-refractivity contribution in [3.05, 3.63) is 112 Å². The zero-order valence-corrected chi connectivity index (χ0v) is 19.0. The van der Waals surface area contributed by atoms with Crippen molar-refractivity contribution in [2.75, 3.05) is 0 Å². The van der Waals surface area contributed by atoms with Gasteiger partial charge in [0.15, 0.2) is 0 Å². The summed E-state index contributed by atoms with van der Waals surface area (Å²) >= 11 is 12.6. The van der Waals surface area contributed by atoms with Crippen LogP contribution in [0.15, 0.2) is 90.1 Å². The molecule has 0 unspecified atom stereocenters. The van der Waals surface area contributed by atoms with Crippen molar-refractivity contribution in [3.63, 3.8) is 0 Å². The molecule has 0 bridgehead atoms. The minimum atomic E-state index is 0.409. The van der Waals surface area contributed by atoms with Crippen molar-refractivity contribution < 1.29 is 4.84 Å². The molecule has 0 aliphatic heterocycles. The molecule has 1 aliphatic carbocycles. The smallest absolute Gasteiger partial charge is 0.142 e. The van der Waals surface area contributed by atoms with Crippen LogP contribution in [0.2, 0.25) is 10.0 Å². The van der Waals surface area contributed by atoms with Crippen molar-refractivity contribution >= 4 is 28.9 Å². The lowest BCUT2D eigenvalue weighted by Crippen LogP contribution is -2.14. The lowest BCUT2D eigenvalue weighted by atomic mass is 9.95. The molecule has 3 nitrogen and oxygen atoms in total. The average molecular weight is 461 g/mol. The summed E-state index contributed by atoms with van der Waals surface area (Å²) in [6, 6.07) is 28.2. The predicted octanol–water partition coefficient (Wildman–Crippen LogP) is 7.71. The Morgan fingerprint density at radius 2 is 1.59 bits per heavy atom. The Hall–Kier alpha value is -3.01. The van der Waals surface area contributed by atoms with Gasteiger partial charge in [0.25, 0.3) is 0 Å². The van der Waals surface area contributed by atoms with Crippen molar-refractivity contribution in [1.82, 2.24) is 4.57 Å². The molecule has 0 fully saturated rings. The highest BCUT2D eigenvalue weighted by Gasteiger charge is 2.25. The van der Waals surface area contributed by atoms with E-state index < -0.39 is 0 Å². The Morgan fingerprint density at radius 1 is 0.844 bits per heavy atom. The number of oxime groups is 1. The third-order valence-corrected chi connectivity index (χ3v) is 6.29. The molecule has 1 heterocycles. The maximum absolute atomic E-state index is 6.63. The Bertz CT molecular complexity index is 1260. The second-order valence-corrected chi connectivity index (χ2v) is 8.68. The van der Waals surface area contributed by atoms with Gasteiger partial charge in [-0.3, -0.25) is 0 Å². The van der Waals surface area contributed by atoms with E-state index in [1.807, 2.05) is 48.5 Å². The molecule has 0 saturated carbocycles. The average Bonchev–Trinajstić information content (AvgIpc) is 3.22. The van der Waals surface area contributed by atoms with E-state index >= 15 is 0 Å². The van der Waals surface area contributed by atoms with E-state index in [-0.39, 0.29) is 0 Å². The van der Waals surface area contributed by atoms with E-state index in [9.17, 15) is 0 Å². The van der Waals surface area contributed by atoms with Gasteiger partial charge in [-0.2, -0.15) is 0 Å². The number of benzene rings is 3. The molecule has 0 atom stereocenters. The number of halogens is 2. The lowest BCUT2D eigenvalue weighted by Gasteiger charge is -2.19. The number of rotatable bonds is 5. The highest BCUT2D eigenvalue weighted by atomic mass is 35.5. The Balaban J connectivity index is 1.55. The first-order valence-electron chi connectivity index (χ1n) is 10.7. The fourth-order valence-electron chi connectivity index (χ4n) is 4.19. The largest absolute Gasteiger partial charge is 0.391 e. The van der Waals surface area contributed by atoms with Crippen molar-refractivity contribution in [2.24, 2.45) is 5.16 Å². The highest BCUT2D eigenvalue weighted by molar-refractivity contribution is 6.32. The maximum atomic E-state index is 6.63. The lowest BCUT2D eigenvalue weighted by molar-refractivity contribution is 0.130. The van der Waals surface area contributed by atoms with Gasteiger partial charge in [0.1, 0.15) is 6.61 Å². The third-order valence-electron chi connectivity index (χ3n) is 5.72. The quantitative estimate of drug-likeness (QED) is 0.280. The summed E-state index contributed by atoms with van der Waals surface area (Å²) in [5.74, 6) is 0. The van der Waals surface area contributed by atoms with Gasteiger partial charge in [0, 0.05) is 16.3 Å². The first kappa shape index (κ1) is 20.9. The number of hydrogen-bond donors (Lipinski definition) is 0. The second-order valence-electron chi connectivity index (χ2n) is 7.83. The van der Waals surface area contributed by atoms with Crippen molar-refractivity contribution in [1.29, 1.82) is 0 Å². The minimum Gasteiger partial charge on any atom is -0.391 e. The second kappa shape index (κ2) is 9.23. The van der Waals surface area contributed by atoms with E-state index in [1.54, 1.807) is 0 Å². The SMILES string of the molecule is Clc1ccc(CON=C2CCCc3c2cc(-c2ccccc2)n3-c2ccccc2Cl)cc1. The molecule has 1 aromatic heterocycles. The number of para-hydroxylation sites is 1. The first-order valence-corrected chi connectivity index (χ1v) is 11.4. The van der Waals surface area contributed by atoms with Crippen LogP contribution in [0, 0.1) is 0 Å². The topological polar surface area (TPSA) is 26.5 Å². The fourth-order valence-corrected chi connectivity index (χ4v) is 4.54. The molecule has 0 N–H and O–H groups in total. The highest BCUT2D eigenvalue weighted by Crippen LogP contribution is 2.36. The van der Waals surface area contributed by atoms with Crippen LogP contribution < -0.4 is 0 Å². The molecule has 4 aromatic rings. The zero-order valence-electron chi connectivity index (χ0n) is 17.5. The Morgan fingerprint density at radius 3 is 2.38 bits per heavy atom. The van der Waals surface area contributed by atoms with E-state index in [0.717, 1.165) is 58.1 Å². The number of aromatic nitrogens is 1. The molecule has 1 aliphatic rings. The summed E-state index contributed by atoms with van der Waals surface area (Å²) in [6.45, 7) is 0.409. The van der Waals surface area contributed by atoms with Gasteiger partial charge in [-0.25, -0.2) is 0 Å². The normalized spacial score (nSPS) is 14.4. The Kier molecular flexibility index (Phi) is 6.02. The molecule has 32 heavy (non-hydrogen) atoms. The molecule has 0 amide bonds. The molecule has 5 rings (SSSR count). The summed E-state index contributed by atoms with van der Waals surface area (Å²) in [6.07, 6.45) is 2.86. The van der Waals surface area contributed by atoms with Crippen LogP contribution in [0.5, 0.6) is 0 Å². The van der Waals surface area contributed by atoms with E-state index in [1.165, 1.54) is 5.69 Å². The number of hydrogen-bond acceptors (Lipinski definition) is 2. The van der Waals surface area contributed by atoms with Gasteiger partial charge in [-0.1, -0.05) is 83.0 Å². The third kappa shape index (κ3) is 4.19. The fraction of sp³-hybridized carbons (Fsp3) is 0.148. The molecular formula is C27H22Cl2N2O. The van der Waals surface area contributed by atoms with Gasteiger partial charge < -0.3 is 9.40 Å². The summed E-state index contributed by atoms with van der Waals surface area (Å²) in [4.78, 5) is 5.75. The van der Waals surface area contributed by atoms with Crippen LogP contribution in [0.3, 0.4) is 0 Å². The van der Waals surface area contributed by atoms with E-state index in [0.29, 0.717) is 11.6 Å². The summed E-state index contributed by atoms with van der Waals surface area (Å²) in [5.41, 5.74) is 7.59. The molecule has 0 radical (unpaired) electrons. The minimum absolute atomic E-state index is 0.409. The van der Waals surface area contributed by atoms with Crippen LogP contribution in [0.25, 0.3) is 16.9 Å². The summed E-state index contributed by atoms with van der Waals surface area (Å²) in [5, 5.41) is 5.99. The van der Waals surface area contributed by atoms with E-state index in [4.69, 9.17) is 28.0 Å². The number of nitrogens with zero attached hydrogens (tertiary/aromatic N) is 2. The summed E-state index contributed by atoms with van der Waals surface area (Å²) < 4.78 is 2.28. The summed E-state index contributed by atoms with van der Waals surface area (Å²) in [7, 11) is 0. The van der Waals surface area contributed by atoms with Crippen LogP contribution in [-0.4, -0.2) is 10.3 Å². The van der Waals surface area contributed by atoms with Gasteiger partial charge in [-0.15, -0.1) is 0 Å². The van der Waals surface area contributed by atoms with E-state index in [2.05, 4.69) is 46.1 Å². The van der Waals surface area contributed by atoms with Gasteiger partial charge in [0.2, 0.25) is 0 Å². The first-order chi connectivity index (χ1) is 15.7. The van der Waals surface area contributed by atoms with Gasteiger partial charge in [0.05, 0.1) is 22.1 Å². The molecule has 0 saturated heterocycles. The Labute approximate surface area is 197 Å². The molecule has 3 aromatic carbocycles. The van der Waals surface area contributed by atoms with Gasteiger partial charge in [-0.05, 0) is 60.7 Å². The van der Waals surface area contributed by atoms with Gasteiger partial charge >= 0.3 is 0 Å². The predicted molar refractivity (Wildman–Crippen MR) is 132 cm³/mol.